The molecule has 92 valence electrons. The van der Waals surface area contributed by atoms with Crippen molar-refractivity contribution in [1.82, 2.24) is 0 Å². The fourth-order valence-corrected chi connectivity index (χ4v) is 1.59. The lowest BCUT2D eigenvalue weighted by Gasteiger charge is -2.16. The van der Waals surface area contributed by atoms with Gasteiger partial charge in [-0.2, -0.15) is 0 Å². The van der Waals surface area contributed by atoms with Gasteiger partial charge in [0.25, 0.3) is 0 Å². The third kappa shape index (κ3) is 3.03. The van der Waals surface area contributed by atoms with E-state index in [4.69, 9.17) is 17.3 Å². The molecule has 2 atom stereocenters. The summed E-state index contributed by atoms with van der Waals surface area (Å²) in [6.45, 7) is 1.32. The van der Waals surface area contributed by atoms with Gasteiger partial charge in [-0.1, -0.05) is 17.7 Å². The average molecular weight is 258 g/mol. The van der Waals surface area contributed by atoms with Crippen LogP contribution in [0.3, 0.4) is 0 Å². The third-order valence-electron chi connectivity index (χ3n) is 2.30. The number of primary amides is 1. The zero-order valence-electron chi connectivity index (χ0n) is 9.05. The Labute approximate surface area is 103 Å². The maximum atomic E-state index is 11.2. The number of carbonyl (C=O) groups excluding carboxylic acids is 2. The second-order valence-electron chi connectivity index (χ2n) is 3.59. The molecule has 0 aromatic heterocycles. The molecule has 2 unspecified atom stereocenters. The van der Waals surface area contributed by atoms with E-state index in [1.165, 1.54) is 25.1 Å². The first kappa shape index (κ1) is 13.6. The van der Waals surface area contributed by atoms with Gasteiger partial charge in [0.2, 0.25) is 5.91 Å². The number of aliphatic hydroxyl groups is 2. The van der Waals surface area contributed by atoms with E-state index in [2.05, 4.69) is 0 Å². The van der Waals surface area contributed by atoms with Crippen LogP contribution in [0.15, 0.2) is 18.2 Å². The maximum absolute atomic E-state index is 11.2. The minimum Gasteiger partial charge on any atom is -0.385 e. The standard InChI is InChI=1S/C11H12ClNO4/c1-5(14)7-4-6(2-3-8(7)12)9(15)10(16)11(13)17/h2-4,9-10,15-16H,1H3,(H2,13,17). The Morgan fingerprint density at radius 2 is 1.94 bits per heavy atom. The monoisotopic (exact) mass is 257 g/mol. The van der Waals surface area contributed by atoms with E-state index in [9.17, 15) is 19.8 Å². The molecule has 1 rings (SSSR count). The van der Waals surface area contributed by atoms with Gasteiger partial charge < -0.3 is 15.9 Å². The summed E-state index contributed by atoms with van der Waals surface area (Å²) in [7, 11) is 0. The number of nitrogens with two attached hydrogens (primary N) is 1. The lowest BCUT2D eigenvalue weighted by Crippen LogP contribution is -2.33. The highest BCUT2D eigenvalue weighted by Gasteiger charge is 2.24. The highest BCUT2D eigenvalue weighted by molar-refractivity contribution is 6.33. The first-order chi connectivity index (χ1) is 7.84. The Morgan fingerprint density at radius 1 is 1.35 bits per heavy atom. The Kier molecular flexibility index (Phi) is 4.22. The number of carbonyl (C=O) groups is 2. The van der Waals surface area contributed by atoms with E-state index >= 15 is 0 Å². The normalized spacial score (nSPS) is 14.1. The molecule has 0 aliphatic rings. The highest BCUT2D eigenvalue weighted by Crippen LogP contribution is 2.23. The first-order valence-electron chi connectivity index (χ1n) is 4.80. The predicted octanol–water partition coefficient (Wildman–Crippen LogP) is 0.422. The molecule has 1 aromatic carbocycles. The van der Waals surface area contributed by atoms with Gasteiger partial charge in [-0.25, -0.2) is 0 Å². The molecule has 1 aromatic rings. The molecule has 0 bridgehead atoms. The molecule has 6 heteroatoms. The minimum absolute atomic E-state index is 0.200. The molecule has 0 heterocycles. The van der Waals surface area contributed by atoms with E-state index in [1.54, 1.807) is 0 Å². The summed E-state index contributed by atoms with van der Waals surface area (Å²) >= 11 is 5.78. The van der Waals surface area contributed by atoms with Crippen molar-refractivity contribution in [2.24, 2.45) is 5.73 Å². The lowest BCUT2D eigenvalue weighted by atomic mass is 10.0. The summed E-state index contributed by atoms with van der Waals surface area (Å²) in [4.78, 5) is 21.9. The molecule has 0 aliphatic carbocycles. The van der Waals surface area contributed by atoms with Crippen LogP contribution in [-0.2, 0) is 4.79 Å². The summed E-state index contributed by atoms with van der Waals surface area (Å²) in [5.74, 6) is -1.32. The number of aliphatic hydroxyl groups excluding tert-OH is 2. The van der Waals surface area contributed by atoms with E-state index in [0.717, 1.165) is 0 Å². The van der Waals surface area contributed by atoms with Crippen molar-refractivity contribution in [3.05, 3.63) is 34.3 Å². The van der Waals surface area contributed by atoms with E-state index < -0.39 is 18.1 Å². The molecule has 0 saturated carbocycles. The zero-order chi connectivity index (χ0) is 13.2. The molecular weight excluding hydrogens is 246 g/mol. The van der Waals surface area contributed by atoms with Crippen LogP contribution >= 0.6 is 11.6 Å². The van der Waals surface area contributed by atoms with Crippen LogP contribution in [0.4, 0.5) is 0 Å². The minimum atomic E-state index is -1.73. The summed E-state index contributed by atoms with van der Waals surface area (Å²) in [5, 5.41) is 19.2. The van der Waals surface area contributed by atoms with Crippen molar-refractivity contribution in [3.63, 3.8) is 0 Å². The molecule has 1 amide bonds. The van der Waals surface area contributed by atoms with E-state index in [-0.39, 0.29) is 21.9 Å². The fourth-order valence-electron chi connectivity index (χ4n) is 1.33. The van der Waals surface area contributed by atoms with Gasteiger partial charge in [0, 0.05) is 5.56 Å². The van der Waals surface area contributed by atoms with Crippen molar-refractivity contribution in [2.75, 3.05) is 0 Å². The van der Waals surface area contributed by atoms with Gasteiger partial charge in [-0.3, -0.25) is 9.59 Å². The highest BCUT2D eigenvalue weighted by atomic mass is 35.5. The molecule has 0 fully saturated rings. The molecular formula is C11H12ClNO4. The van der Waals surface area contributed by atoms with Gasteiger partial charge in [-0.15, -0.1) is 0 Å². The molecule has 0 saturated heterocycles. The molecule has 0 radical (unpaired) electrons. The Bertz CT molecular complexity index is 461. The first-order valence-corrected chi connectivity index (χ1v) is 5.18. The fraction of sp³-hybridized carbons (Fsp3) is 0.273. The number of halogens is 1. The number of hydrogen-bond donors (Lipinski definition) is 3. The SMILES string of the molecule is CC(=O)c1cc(C(O)C(O)C(N)=O)ccc1Cl. The van der Waals surface area contributed by atoms with E-state index in [0.29, 0.717) is 0 Å². The number of ketones is 1. The lowest BCUT2D eigenvalue weighted by molar-refractivity contribution is -0.131. The van der Waals surface area contributed by atoms with E-state index in [1.807, 2.05) is 0 Å². The number of Topliss-reactive ketones (excluding diaryl/α,β-unsaturated/α-hetero) is 1. The van der Waals surface area contributed by atoms with Gasteiger partial charge >= 0.3 is 0 Å². The summed E-state index contributed by atoms with van der Waals surface area (Å²) < 4.78 is 0. The Balaban J connectivity index is 3.11. The van der Waals surface area contributed by atoms with Gasteiger partial charge in [0.15, 0.2) is 11.9 Å². The summed E-state index contributed by atoms with van der Waals surface area (Å²) in [5.41, 5.74) is 5.27. The van der Waals surface area contributed by atoms with Crippen LogP contribution in [0.5, 0.6) is 0 Å². The van der Waals surface area contributed by atoms with Crippen LogP contribution in [0.2, 0.25) is 5.02 Å². The van der Waals surface area contributed by atoms with Crippen molar-refractivity contribution in [2.45, 2.75) is 19.1 Å². The van der Waals surface area contributed by atoms with Crippen LogP contribution in [0.25, 0.3) is 0 Å². The molecule has 17 heavy (non-hydrogen) atoms. The average Bonchev–Trinajstić information content (AvgIpc) is 2.27. The molecule has 4 N–H and O–H groups in total. The van der Waals surface area contributed by atoms with Crippen LogP contribution < -0.4 is 5.73 Å². The number of amides is 1. The van der Waals surface area contributed by atoms with Crippen molar-refractivity contribution in [1.29, 1.82) is 0 Å². The number of benzene rings is 1. The molecule has 0 aliphatic heterocycles. The number of hydrogen-bond acceptors (Lipinski definition) is 4. The van der Waals surface area contributed by atoms with Crippen LogP contribution in [0, 0.1) is 0 Å². The largest absolute Gasteiger partial charge is 0.385 e. The van der Waals surface area contributed by atoms with Gasteiger partial charge in [0.1, 0.15) is 6.10 Å². The van der Waals surface area contributed by atoms with Crippen molar-refractivity contribution < 1.29 is 19.8 Å². The van der Waals surface area contributed by atoms with Crippen LogP contribution in [-0.4, -0.2) is 28.0 Å². The van der Waals surface area contributed by atoms with Gasteiger partial charge in [0.05, 0.1) is 5.02 Å². The molecule has 0 spiro atoms. The zero-order valence-corrected chi connectivity index (χ0v) is 9.81. The summed E-state index contributed by atoms with van der Waals surface area (Å²) in [6, 6.07) is 4.14. The second kappa shape index (κ2) is 5.27. The third-order valence-corrected chi connectivity index (χ3v) is 2.63. The van der Waals surface area contributed by atoms with Crippen molar-refractivity contribution in [3.8, 4) is 0 Å². The van der Waals surface area contributed by atoms with Gasteiger partial charge in [-0.05, 0) is 24.6 Å². The smallest absolute Gasteiger partial charge is 0.249 e. The molecule has 5 nitrogen and oxygen atoms in total. The Morgan fingerprint density at radius 3 is 2.41 bits per heavy atom. The second-order valence-corrected chi connectivity index (χ2v) is 3.99. The maximum Gasteiger partial charge on any atom is 0.249 e. The number of rotatable bonds is 4. The van der Waals surface area contributed by atoms with Crippen LogP contribution in [0.1, 0.15) is 28.9 Å². The van der Waals surface area contributed by atoms with Crippen molar-refractivity contribution >= 4 is 23.3 Å². The quantitative estimate of drug-likeness (QED) is 0.681. The Hall–Kier alpha value is -1.43. The topological polar surface area (TPSA) is 101 Å². The summed E-state index contributed by atoms with van der Waals surface area (Å²) in [6.07, 6.45) is -3.21. The predicted molar refractivity (Wildman–Crippen MR) is 61.6 cm³/mol.